The molecule has 2 aromatic heterocycles. The number of halogens is 1. The zero-order valence-electron chi connectivity index (χ0n) is 17.1. The zero-order chi connectivity index (χ0) is 21.9. The topological polar surface area (TPSA) is 75.6 Å². The Hall–Kier alpha value is -4.26. The van der Waals surface area contributed by atoms with Crippen molar-refractivity contribution in [1.82, 2.24) is 25.1 Å². The van der Waals surface area contributed by atoms with Crippen LogP contribution in [0.5, 0.6) is 0 Å². The van der Waals surface area contributed by atoms with Crippen LogP contribution in [0.1, 0.15) is 27.9 Å². The predicted molar refractivity (Wildman–Crippen MR) is 120 cm³/mol. The van der Waals surface area contributed by atoms with Crippen LogP contribution in [-0.2, 0) is 6.42 Å². The quantitative estimate of drug-likeness (QED) is 0.417. The lowest BCUT2D eigenvalue weighted by Gasteiger charge is -2.16. The lowest BCUT2D eigenvalue weighted by molar-refractivity contribution is 0.0929. The fourth-order valence-electron chi connectivity index (χ4n) is 3.64. The number of carbonyl (C=O) groups is 1. The maximum atomic E-state index is 13.5. The largest absolute Gasteiger partial charge is 0.340 e. The maximum Gasteiger partial charge on any atom is 0.272 e. The summed E-state index contributed by atoms with van der Waals surface area (Å²) >= 11 is 0. The molecule has 0 saturated heterocycles. The molecular formula is C25H20FN5O. The molecule has 0 spiro atoms. The molecule has 5 rings (SSSR count). The summed E-state index contributed by atoms with van der Waals surface area (Å²) < 4.78 is 15.0. The second kappa shape index (κ2) is 8.47. The number of nitrogens with zero attached hydrogens (tertiary/aromatic N) is 3. The third-order valence-electron chi connectivity index (χ3n) is 5.22. The van der Waals surface area contributed by atoms with Gasteiger partial charge in [-0.3, -0.25) is 4.79 Å². The zero-order valence-corrected chi connectivity index (χ0v) is 17.1. The van der Waals surface area contributed by atoms with Crippen molar-refractivity contribution in [3.8, 4) is 5.69 Å². The summed E-state index contributed by atoms with van der Waals surface area (Å²) in [5.74, 6) is -0.0219. The number of aromatic amines is 1. The van der Waals surface area contributed by atoms with Crippen molar-refractivity contribution in [3.63, 3.8) is 0 Å². The van der Waals surface area contributed by atoms with Crippen molar-refractivity contribution >= 4 is 16.9 Å². The molecule has 0 bridgehead atoms. The van der Waals surface area contributed by atoms with Crippen LogP contribution in [0.25, 0.3) is 16.7 Å². The van der Waals surface area contributed by atoms with Gasteiger partial charge < -0.3 is 10.3 Å². The van der Waals surface area contributed by atoms with Gasteiger partial charge in [-0.25, -0.2) is 14.1 Å². The summed E-state index contributed by atoms with van der Waals surface area (Å²) in [5, 5.41) is 7.38. The van der Waals surface area contributed by atoms with Crippen molar-refractivity contribution in [3.05, 3.63) is 114 Å². The molecule has 0 fully saturated rings. The summed E-state index contributed by atoms with van der Waals surface area (Å²) in [4.78, 5) is 21.0. The lowest BCUT2D eigenvalue weighted by Crippen LogP contribution is -2.31. The molecule has 6 nitrogen and oxygen atoms in total. The molecule has 0 aliphatic rings. The molecule has 0 aliphatic carbocycles. The first-order chi connectivity index (χ1) is 15.7. The van der Waals surface area contributed by atoms with Crippen LogP contribution in [0, 0.1) is 5.82 Å². The molecule has 2 N–H and O–H groups in total. The minimum Gasteiger partial charge on any atom is -0.340 e. The number of carbonyl (C=O) groups excluding carboxylic acids is 1. The number of hydrogen-bond acceptors (Lipinski definition) is 3. The van der Waals surface area contributed by atoms with Crippen molar-refractivity contribution < 1.29 is 9.18 Å². The molecule has 0 radical (unpaired) electrons. The number of benzene rings is 3. The van der Waals surface area contributed by atoms with E-state index in [-0.39, 0.29) is 23.5 Å². The smallest absolute Gasteiger partial charge is 0.272 e. The first-order valence-corrected chi connectivity index (χ1v) is 10.3. The van der Waals surface area contributed by atoms with Crippen LogP contribution >= 0.6 is 0 Å². The Labute approximate surface area is 183 Å². The normalized spacial score (nSPS) is 12.0. The number of hydrogen-bond donors (Lipinski definition) is 2. The van der Waals surface area contributed by atoms with Crippen molar-refractivity contribution in [2.45, 2.75) is 12.5 Å². The van der Waals surface area contributed by atoms with E-state index in [1.165, 1.54) is 16.8 Å². The maximum absolute atomic E-state index is 13.5. The van der Waals surface area contributed by atoms with E-state index in [1.54, 1.807) is 24.4 Å². The predicted octanol–water partition coefficient (Wildman–Crippen LogP) is 4.60. The standard InChI is InChI=1S/C25H20FN5O/c26-18-9-6-10-19(16-18)31-14-13-22(30-31)25(32)29-23(15-17-7-2-1-3-8-17)24-27-20-11-4-5-12-21(20)28-24/h1-14,16,23H,15H2,(H,27,28)(H,29,32)/t23-/m0/s1. The summed E-state index contributed by atoms with van der Waals surface area (Å²) in [7, 11) is 0. The first-order valence-electron chi connectivity index (χ1n) is 10.3. The third-order valence-corrected chi connectivity index (χ3v) is 5.22. The van der Waals surface area contributed by atoms with Crippen molar-refractivity contribution in [2.24, 2.45) is 0 Å². The number of para-hydroxylation sites is 2. The van der Waals surface area contributed by atoms with Gasteiger partial charge in [-0.15, -0.1) is 0 Å². The van der Waals surface area contributed by atoms with E-state index >= 15 is 0 Å². The highest BCUT2D eigenvalue weighted by atomic mass is 19.1. The molecule has 32 heavy (non-hydrogen) atoms. The van der Waals surface area contributed by atoms with Crippen LogP contribution in [0.4, 0.5) is 4.39 Å². The minimum atomic E-state index is -0.378. The highest BCUT2D eigenvalue weighted by Gasteiger charge is 2.21. The van der Waals surface area contributed by atoms with E-state index in [0.717, 1.165) is 16.6 Å². The van der Waals surface area contributed by atoms with Gasteiger partial charge in [0.2, 0.25) is 0 Å². The molecule has 1 atom stereocenters. The van der Waals surface area contributed by atoms with Gasteiger partial charge in [-0.1, -0.05) is 48.5 Å². The Morgan fingerprint density at radius 1 is 1.00 bits per heavy atom. The van der Waals surface area contributed by atoms with E-state index < -0.39 is 0 Å². The van der Waals surface area contributed by atoms with Gasteiger partial charge in [0.05, 0.1) is 22.8 Å². The third kappa shape index (κ3) is 4.13. The van der Waals surface area contributed by atoms with E-state index in [1.807, 2.05) is 54.6 Å². The number of nitrogens with one attached hydrogen (secondary N) is 2. The molecular weight excluding hydrogens is 405 g/mol. The van der Waals surface area contributed by atoms with E-state index in [9.17, 15) is 9.18 Å². The SMILES string of the molecule is O=C(N[C@@H](Cc1ccccc1)c1nc2ccccc2[nH]1)c1ccn(-c2cccc(F)c2)n1. The summed E-state index contributed by atoms with van der Waals surface area (Å²) in [5.41, 5.74) is 3.60. The molecule has 1 amide bonds. The Morgan fingerprint density at radius 2 is 1.81 bits per heavy atom. The Balaban J connectivity index is 1.42. The molecule has 7 heteroatoms. The van der Waals surface area contributed by atoms with Crippen molar-refractivity contribution in [2.75, 3.05) is 0 Å². The van der Waals surface area contributed by atoms with Gasteiger partial charge >= 0.3 is 0 Å². The van der Waals surface area contributed by atoms with Crippen LogP contribution in [-0.4, -0.2) is 25.7 Å². The lowest BCUT2D eigenvalue weighted by atomic mass is 10.1. The van der Waals surface area contributed by atoms with E-state index in [4.69, 9.17) is 0 Å². The van der Waals surface area contributed by atoms with Gasteiger partial charge in [0, 0.05) is 6.20 Å². The molecule has 2 heterocycles. The molecule has 0 aliphatic heterocycles. The van der Waals surface area contributed by atoms with Gasteiger partial charge in [0.15, 0.2) is 5.69 Å². The number of imidazole rings is 1. The van der Waals surface area contributed by atoms with Crippen LogP contribution in [0.15, 0.2) is 91.1 Å². The summed E-state index contributed by atoms with van der Waals surface area (Å²) in [6.45, 7) is 0. The molecule has 5 aromatic rings. The fourth-order valence-corrected chi connectivity index (χ4v) is 3.64. The highest BCUT2D eigenvalue weighted by Crippen LogP contribution is 2.20. The average Bonchev–Trinajstić information content (AvgIpc) is 3.47. The number of amides is 1. The van der Waals surface area contributed by atoms with Crippen LogP contribution < -0.4 is 5.32 Å². The number of aromatic nitrogens is 4. The summed E-state index contributed by atoms with van der Waals surface area (Å²) in [6.07, 6.45) is 2.20. The number of H-pyrrole nitrogens is 1. The van der Waals surface area contributed by atoms with Gasteiger partial charge in [-0.05, 0) is 48.4 Å². The minimum absolute atomic E-state index is 0.239. The van der Waals surface area contributed by atoms with Crippen LogP contribution in [0.3, 0.4) is 0 Å². The van der Waals surface area contributed by atoms with Gasteiger partial charge in [-0.2, -0.15) is 5.10 Å². The van der Waals surface area contributed by atoms with Gasteiger partial charge in [0.1, 0.15) is 11.6 Å². The van der Waals surface area contributed by atoms with E-state index in [2.05, 4.69) is 20.4 Å². The fraction of sp³-hybridized carbons (Fsp3) is 0.0800. The van der Waals surface area contributed by atoms with E-state index in [0.29, 0.717) is 17.9 Å². The Bertz CT molecular complexity index is 1340. The second-order valence-electron chi connectivity index (χ2n) is 7.48. The molecule has 0 unspecified atom stereocenters. The molecule has 158 valence electrons. The summed E-state index contributed by atoms with van der Waals surface area (Å²) in [6, 6.07) is 24.9. The van der Waals surface area contributed by atoms with Gasteiger partial charge in [0.25, 0.3) is 5.91 Å². The van der Waals surface area contributed by atoms with Crippen molar-refractivity contribution in [1.29, 1.82) is 0 Å². The van der Waals surface area contributed by atoms with Crippen LogP contribution in [0.2, 0.25) is 0 Å². The second-order valence-corrected chi connectivity index (χ2v) is 7.48. The monoisotopic (exact) mass is 425 g/mol. The Morgan fingerprint density at radius 3 is 2.62 bits per heavy atom. The Kier molecular flexibility index (Phi) is 5.21. The molecule has 3 aromatic carbocycles. The highest BCUT2D eigenvalue weighted by molar-refractivity contribution is 5.92. The molecule has 0 saturated carbocycles. The number of fused-ring (bicyclic) bond motifs is 1. The first kappa shape index (κ1) is 19.7. The number of rotatable bonds is 6. The average molecular weight is 425 g/mol.